The highest BCUT2D eigenvalue weighted by molar-refractivity contribution is 7.71. The molecular weight excluding hydrogens is 334 g/mol. The van der Waals surface area contributed by atoms with Crippen molar-refractivity contribution in [2.75, 3.05) is 26.7 Å². The monoisotopic (exact) mass is 359 g/mol. The van der Waals surface area contributed by atoms with Gasteiger partial charge in [-0.05, 0) is 42.9 Å². The predicted molar refractivity (Wildman–Crippen MR) is 103 cm³/mol. The van der Waals surface area contributed by atoms with E-state index in [0.29, 0.717) is 16.7 Å². The number of carbonyl (C=O) groups is 1. The van der Waals surface area contributed by atoms with E-state index in [1.54, 1.807) is 25.4 Å². The average molecular weight is 359 g/mol. The van der Waals surface area contributed by atoms with Crippen molar-refractivity contribution in [2.24, 2.45) is 0 Å². The van der Waals surface area contributed by atoms with E-state index in [1.807, 2.05) is 18.2 Å². The molecule has 1 heterocycles. The largest absolute Gasteiger partial charge is 0.497 e. The van der Waals surface area contributed by atoms with E-state index in [-0.39, 0.29) is 11.9 Å². The second-order valence-corrected chi connectivity index (χ2v) is 6.04. The lowest BCUT2D eigenvalue weighted by molar-refractivity contribution is 0.0934. The molecule has 1 aromatic heterocycles. The molecule has 1 atom stereocenters. The topological polar surface area (TPSA) is 57.4 Å². The van der Waals surface area contributed by atoms with E-state index in [2.05, 4.69) is 35.1 Å². The number of aromatic amines is 1. The number of pyridine rings is 1. The van der Waals surface area contributed by atoms with Crippen LogP contribution in [0.25, 0.3) is 0 Å². The van der Waals surface area contributed by atoms with Crippen LogP contribution in [0.5, 0.6) is 5.75 Å². The Labute approximate surface area is 154 Å². The molecule has 0 aliphatic rings. The average Bonchev–Trinajstić information content (AvgIpc) is 2.65. The van der Waals surface area contributed by atoms with Crippen molar-refractivity contribution in [3.05, 3.63) is 58.4 Å². The first-order valence-electron chi connectivity index (χ1n) is 8.44. The Morgan fingerprint density at radius 2 is 2.04 bits per heavy atom. The summed E-state index contributed by atoms with van der Waals surface area (Å²) in [6.45, 7) is 6.51. The smallest absolute Gasteiger partial charge is 0.254 e. The number of rotatable bonds is 8. The Hall–Kier alpha value is -2.18. The molecule has 0 saturated carbocycles. The third kappa shape index (κ3) is 4.90. The first-order valence-corrected chi connectivity index (χ1v) is 8.85. The van der Waals surface area contributed by atoms with E-state index < -0.39 is 0 Å². The zero-order valence-electron chi connectivity index (χ0n) is 14.9. The number of ether oxygens (including phenoxy) is 1. The van der Waals surface area contributed by atoms with Crippen molar-refractivity contribution in [2.45, 2.75) is 19.9 Å². The number of likely N-dealkylation sites (N-methyl/N-ethyl adjacent to an activating group) is 1. The van der Waals surface area contributed by atoms with Crippen LogP contribution in [0, 0.1) is 4.64 Å². The number of hydrogen-bond acceptors (Lipinski definition) is 4. The molecule has 0 saturated heterocycles. The Morgan fingerprint density at radius 1 is 1.28 bits per heavy atom. The molecule has 25 heavy (non-hydrogen) atoms. The Kier molecular flexibility index (Phi) is 7.16. The van der Waals surface area contributed by atoms with E-state index in [9.17, 15) is 4.79 Å². The maximum Gasteiger partial charge on any atom is 0.254 e. The number of hydrogen-bond donors (Lipinski definition) is 2. The van der Waals surface area contributed by atoms with Crippen LogP contribution in [-0.4, -0.2) is 42.5 Å². The van der Waals surface area contributed by atoms with Crippen LogP contribution in [0.2, 0.25) is 0 Å². The van der Waals surface area contributed by atoms with Gasteiger partial charge in [0.05, 0.1) is 18.7 Å². The third-order valence-electron chi connectivity index (χ3n) is 4.25. The number of aromatic nitrogens is 1. The van der Waals surface area contributed by atoms with Gasteiger partial charge >= 0.3 is 0 Å². The third-order valence-corrected chi connectivity index (χ3v) is 4.59. The number of nitrogens with zero attached hydrogens (tertiary/aromatic N) is 1. The van der Waals surface area contributed by atoms with Crippen molar-refractivity contribution in [3.8, 4) is 5.75 Å². The van der Waals surface area contributed by atoms with Gasteiger partial charge in [-0.2, -0.15) is 0 Å². The molecule has 0 aliphatic heterocycles. The van der Waals surface area contributed by atoms with Gasteiger partial charge in [0.2, 0.25) is 0 Å². The molecule has 1 amide bonds. The first kappa shape index (κ1) is 19.1. The molecule has 134 valence electrons. The summed E-state index contributed by atoms with van der Waals surface area (Å²) in [7, 11) is 1.66. The highest BCUT2D eigenvalue weighted by Gasteiger charge is 2.20. The lowest BCUT2D eigenvalue weighted by atomic mass is 10.0. The van der Waals surface area contributed by atoms with Crippen LogP contribution in [-0.2, 0) is 0 Å². The van der Waals surface area contributed by atoms with Gasteiger partial charge in [-0.1, -0.05) is 38.2 Å². The minimum absolute atomic E-state index is 0.0651. The Balaban J connectivity index is 2.20. The molecule has 0 radical (unpaired) electrons. The summed E-state index contributed by atoms with van der Waals surface area (Å²) in [6, 6.07) is 11.5. The molecular formula is C19H25N3O2S. The van der Waals surface area contributed by atoms with Gasteiger partial charge in [-0.3, -0.25) is 9.69 Å². The lowest BCUT2D eigenvalue weighted by Gasteiger charge is -2.30. The van der Waals surface area contributed by atoms with Gasteiger partial charge in [0.1, 0.15) is 10.4 Å². The second kappa shape index (κ2) is 9.34. The van der Waals surface area contributed by atoms with Gasteiger partial charge in [0.25, 0.3) is 5.91 Å². The normalized spacial score (nSPS) is 12.0. The number of methoxy groups -OCH3 is 1. The molecule has 0 bridgehead atoms. The number of amides is 1. The first-order chi connectivity index (χ1) is 12.1. The fourth-order valence-corrected chi connectivity index (χ4v) is 3.08. The summed E-state index contributed by atoms with van der Waals surface area (Å²) in [5, 5.41) is 3.02. The SMILES string of the molecule is CCN(CC)C(CNC(=O)c1ccc[nH]c1=S)c1cccc(OC)c1. The maximum atomic E-state index is 12.5. The number of benzene rings is 1. The molecule has 6 heteroatoms. The molecule has 0 fully saturated rings. The molecule has 5 nitrogen and oxygen atoms in total. The standard InChI is InChI=1S/C19H25N3O2S/c1-4-22(5-2)17(14-8-6-9-15(12-14)24-3)13-21-18(23)16-10-7-11-20-19(16)25/h6-12,17H,4-5,13H2,1-3H3,(H,20,25)(H,21,23). The quantitative estimate of drug-likeness (QED) is 0.708. The van der Waals surface area contributed by atoms with Crippen LogP contribution < -0.4 is 10.1 Å². The van der Waals surface area contributed by atoms with Crippen LogP contribution in [0.3, 0.4) is 0 Å². The lowest BCUT2D eigenvalue weighted by Crippen LogP contribution is -2.38. The molecule has 2 N–H and O–H groups in total. The van der Waals surface area contributed by atoms with E-state index in [4.69, 9.17) is 17.0 Å². The zero-order valence-corrected chi connectivity index (χ0v) is 15.7. The Morgan fingerprint density at radius 3 is 2.68 bits per heavy atom. The summed E-state index contributed by atoms with van der Waals surface area (Å²) in [6.07, 6.45) is 1.72. The van der Waals surface area contributed by atoms with E-state index in [0.717, 1.165) is 24.4 Å². The summed E-state index contributed by atoms with van der Waals surface area (Å²) >= 11 is 5.19. The van der Waals surface area contributed by atoms with Gasteiger partial charge in [0, 0.05) is 12.7 Å². The molecule has 2 rings (SSSR count). The van der Waals surface area contributed by atoms with Crippen molar-refractivity contribution >= 4 is 18.1 Å². The van der Waals surface area contributed by atoms with E-state index >= 15 is 0 Å². The fourth-order valence-electron chi connectivity index (χ4n) is 2.86. The maximum absolute atomic E-state index is 12.5. The molecule has 0 aliphatic carbocycles. The summed E-state index contributed by atoms with van der Waals surface area (Å²) in [5.74, 6) is 0.647. The van der Waals surface area contributed by atoms with Gasteiger partial charge in [-0.15, -0.1) is 0 Å². The minimum atomic E-state index is -0.165. The van der Waals surface area contributed by atoms with E-state index in [1.165, 1.54) is 0 Å². The van der Waals surface area contributed by atoms with Crippen LogP contribution in [0.4, 0.5) is 0 Å². The summed E-state index contributed by atoms with van der Waals surface area (Å²) in [4.78, 5) is 17.7. The summed E-state index contributed by atoms with van der Waals surface area (Å²) < 4.78 is 5.78. The predicted octanol–water partition coefficient (Wildman–Crippen LogP) is 3.57. The molecule has 0 spiro atoms. The van der Waals surface area contributed by atoms with Gasteiger partial charge < -0.3 is 15.0 Å². The fraction of sp³-hybridized carbons (Fsp3) is 0.368. The number of nitrogens with one attached hydrogen (secondary N) is 2. The van der Waals surface area contributed by atoms with Gasteiger partial charge in [-0.25, -0.2) is 0 Å². The van der Waals surface area contributed by atoms with Crippen molar-refractivity contribution in [3.63, 3.8) is 0 Å². The van der Waals surface area contributed by atoms with Crippen LogP contribution in [0.15, 0.2) is 42.6 Å². The molecule has 2 aromatic rings. The highest BCUT2D eigenvalue weighted by Crippen LogP contribution is 2.24. The van der Waals surface area contributed by atoms with Crippen LogP contribution in [0.1, 0.15) is 35.8 Å². The second-order valence-electron chi connectivity index (χ2n) is 5.64. The molecule has 1 aromatic carbocycles. The van der Waals surface area contributed by atoms with Gasteiger partial charge in [0.15, 0.2) is 0 Å². The summed E-state index contributed by atoms with van der Waals surface area (Å²) in [5.41, 5.74) is 1.60. The zero-order chi connectivity index (χ0) is 18.2. The number of H-pyrrole nitrogens is 1. The van der Waals surface area contributed by atoms with Crippen molar-refractivity contribution in [1.82, 2.24) is 15.2 Å². The van der Waals surface area contributed by atoms with Crippen LogP contribution >= 0.6 is 12.2 Å². The minimum Gasteiger partial charge on any atom is -0.497 e. The highest BCUT2D eigenvalue weighted by atomic mass is 32.1. The Bertz CT molecular complexity index is 756. The van der Waals surface area contributed by atoms with Crippen molar-refractivity contribution in [1.29, 1.82) is 0 Å². The molecule has 1 unspecified atom stereocenters. The number of carbonyl (C=O) groups excluding carboxylic acids is 1. The van der Waals surface area contributed by atoms with Crippen molar-refractivity contribution < 1.29 is 9.53 Å².